The fourth-order valence-electron chi connectivity index (χ4n) is 2.45. The smallest absolute Gasteiger partial charge is 0.269 e. The highest BCUT2D eigenvalue weighted by Crippen LogP contribution is 2.13. The second-order valence-electron chi connectivity index (χ2n) is 5.48. The zero-order valence-corrected chi connectivity index (χ0v) is 12.4. The predicted molar refractivity (Wildman–Crippen MR) is 81.0 cm³/mol. The van der Waals surface area contributed by atoms with Gasteiger partial charge in [-0.3, -0.25) is 9.78 Å². The van der Waals surface area contributed by atoms with Gasteiger partial charge in [-0.05, 0) is 44.5 Å². The first-order valence-electron chi connectivity index (χ1n) is 7.35. The van der Waals surface area contributed by atoms with Crippen molar-refractivity contribution in [2.45, 2.75) is 19.8 Å². The summed E-state index contributed by atoms with van der Waals surface area (Å²) in [5.41, 5.74) is 1.44. The standard InChI is InChI=1S/C15H24N4O/c1-3-6-16-13-4-7-17-14(9-13)15(20)18-10-12-5-8-19(2)11-12/h4,7,9,12H,3,5-6,8,10-11H2,1-2H3,(H,16,17)(H,18,20). The van der Waals surface area contributed by atoms with Crippen LogP contribution in [0.25, 0.3) is 0 Å². The molecule has 0 bridgehead atoms. The van der Waals surface area contributed by atoms with Crippen LogP contribution >= 0.6 is 0 Å². The van der Waals surface area contributed by atoms with E-state index in [4.69, 9.17) is 0 Å². The molecule has 5 nitrogen and oxygen atoms in total. The molecule has 0 aliphatic carbocycles. The average molecular weight is 276 g/mol. The number of aromatic nitrogens is 1. The number of nitrogens with one attached hydrogen (secondary N) is 2. The number of anilines is 1. The predicted octanol–water partition coefficient (Wildman–Crippen LogP) is 1.58. The lowest BCUT2D eigenvalue weighted by Gasteiger charge is -2.12. The van der Waals surface area contributed by atoms with Crippen molar-refractivity contribution in [2.24, 2.45) is 5.92 Å². The van der Waals surface area contributed by atoms with Crippen molar-refractivity contribution in [1.82, 2.24) is 15.2 Å². The van der Waals surface area contributed by atoms with Crippen molar-refractivity contribution >= 4 is 11.6 Å². The Kier molecular flexibility index (Phi) is 5.35. The molecule has 2 rings (SSSR count). The third-order valence-corrected chi connectivity index (χ3v) is 3.61. The maximum Gasteiger partial charge on any atom is 0.269 e. The first-order valence-corrected chi connectivity index (χ1v) is 7.35. The van der Waals surface area contributed by atoms with Gasteiger partial charge >= 0.3 is 0 Å². The summed E-state index contributed by atoms with van der Waals surface area (Å²) in [6, 6.07) is 3.70. The molecule has 2 heterocycles. The molecule has 1 atom stereocenters. The molecule has 0 saturated carbocycles. The summed E-state index contributed by atoms with van der Waals surface area (Å²) in [4.78, 5) is 18.5. The summed E-state index contributed by atoms with van der Waals surface area (Å²) in [6.07, 6.45) is 3.89. The van der Waals surface area contributed by atoms with Crippen molar-refractivity contribution in [2.75, 3.05) is 38.5 Å². The third-order valence-electron chi connectivity index (χ3n) is 3.61. The molecule has 1 aliphatic rings. The molecule has 1 aliphatic heterocycles. The number of likely N-dealkylation sites (tertiary alicyclic amines) is 1. The van der Waals surface area contributed by atoms with Crippen molar-refractivity contribution in [3.8, 4) is 0 Å². The Balaban J connectivity index is 1.85. The zero-order chi connectivity index (χ0) is 14.4. The van der Waals surface area contributed by atoms with Gasteiger partial charge in [-0.2, -0.15) is 0 Å². The molecular formula is C15H24N4O. The molecule has 20 heavy (non-hydrogen) atoms. The van der Waals surface area contributed by atoms with Crippen LogP contribution in [0.15, 0.2) is 18.3 Å². The van der Waals surface area contributed by atoms with Crippen LogP contribution in [0.3, 0.4) is 0 Å². The van der Waals surface area contributed by atoms with E-state index < -0.39 is 0 Å². The van der Waals surface area contributed by atoms with Crippen LogP contribution in [-0.2, 0) is 0 Å². The van der Waals surface area contributed by atoms with E-state index in [0.29, 0.717) is 11.6 Å². The van der Waals surface area contributed by atoms with Crippen molar-refractivity contribution < 1.29 is 4.79 Å². The van der Waals surface area contributed by atoms with E-state index in [1.807, 2.05) is 12.1 Å². The fourth-order valence-corrected chi connectivity index (χ4v) is 2.45. The lowest BCUT2D eigenvalue weighted by molar-refractivity contribution is 0.0942. The minimum absolute atomic E-state index is 0.0836. The minimum Gasteiger partial charge on any atom is -0.385 e. The number of carbonyl (C=O) groups is 1. The van der Waals surface area contributed by atoms with Crippen LogP contribution in [0.2, 0.25) is 0 Å². The van der Waals surface area contributed by atoms with Gasteiger partial charge in [-0.1, -0.05) is 6.92 Å². The molecule has 1 unspecified atom stereocenters. The Morgan fingerprint density at radius 3 is 3.10 bits per heavy atom. The Hall–Kier alpha value is -1.62. The summed E-state index contributed by atoms with van der Waals surface area (Å²) >= 11 is 0. The molecule has 0 radical (unpaired) electrons. The number of hydrogen-bond acceptors (Lipinski definition) is 4. The quantitative estimate of drug-likeness (QED) is 0.828. The van der Waals surface area contributed by atoms with E-state index in [2.05, 4.69) is 34.5 Å². The normalized spacial score (nSPS) is 19.0. The van der Waals surface area contributed by atoms with E-state index in [1.54, 1.807) is 6.20 Å². The Labute approximate surface area is 120 Å². The highest BCUT2D eigenvalue weighted by Gasteiger charge is 2.20. The molecule has 1 aromatic rings. The minimum atomic E-state index is -0.0836. The van der Waals surface area contributed by atoms with E-state index in [-0.39, 0.29) is 5.91 Å². The van der Waals surface area contributed by atoms with Crippen LogP contribution in [0.5, 0.6) is 0 Å². The summed E-state index contributed by atoms with van der Waals surface area (Å²) in [5, 5.41) is 6.25. The van der Waals surface area contributed by atoms with Gasteiger partial charge < -0.3 is 15.5 Å². The van der Waals surface area contributed by atoms with Gasteiger partial charge in [0.25, 0.3) is 5.91 Å². The number of hydrogen-bond donors (Lipinski definition) is 2. The van der Waals surface area contributed by atoms with Crippen molar-refractivity contribution in [3.63, 3.8) is 0 Å². The summed E-state index contributed by atoms with van der Waals surface area (Å²) in [7, 11) is 2.12. The molecule has 1 aromatic heterocycles. The number of carbonyl (C=O) groups excluding carboxylic acids is 1. The maximum atomic E-state index is 12.1. The largest absolute Gasteiger partial charge is 0.385 e. The molecule has 2 N–H and O–H groups in total. The molecule has 1 amide bonds. The SMILES string of the molecule is CCCNc1ccnc(C(=O)NCC2CCN(C)C2)c1. The van der Waals surface area contributed by atoms with Crippen LogP contribution < -0.4 is 10.6 Å². The Morgan fingerprint density at radius 2 is 2.40 bits per heavy atom. The van der Waals surface area contributed by atoms with E-state index in [1.165, 1.54) is 0 Å². The lowest BCUT2D eigenvalue weighted by atomic mass is 10.1. The topological polar surface area (TPSA) is 57.3 Å². The second kappa shape index (κ2) is 7.24. The molecule has 0 spiro atoms. The highest BCUT2D eigenvalue weighted by molar-refractivity contribution is 5.93. The summed E-state index contributed by atoms with van der Waals surface area (Å²) < 4.78 is 0. The van der Waals surface area contributed by atoms with E-state index in [0.717, 1.165) is 44.7 Å². The zero-order valence-electron chi connectivity index (χ0n) is 12.4. The molecular weight excluding hydrogens is 252 g/mol. The van der Waals surface area contributed by atoms with Gasteiger partial charge in [0, 0.05) is 31.5 Å². The number of nitrogens with zero attached hydrogens (tertiary/aromatic N) is 2. The van der Waals surface area contributed by atoms with Crippen molar-refractivity contribution in [1.29, 1.82) is 0 Å². The molecule has 1 saturated heterocycles. The number of amides is 1. The molecule has 5 heteroatoms. The van der Waals surface area contributed by atoms with Crippen molar-refractivity contribution in [3.05, 3.63) is 24.0 Å². The Morgan fingerprint density at radius 1 is 1.55 bits per heavy atom. The first kappa shape index (κ1) is 14.8. The third kappa shape index (κ3) is 4.20. The van der Waals surface area contributed by atoms with Crippen LogP contribution in [0, 0.1) is 5.92 Å². The average Bonchev–Trinajstić information content (AvgIpc) is 2.88. The van der Waals surface area contributed by atoms with Gasteiger partial charge in [0.1, 0.15) is 5.69 Å². The second-order valence-corrected chi connectivity index (χ2v) is 5.48. The van der Waals surface area contributed by atoms with Gasteiger partial charge in [0.15, 0.2) is 0 Å². The first-order chi connectivity index (χ1) is 9.69. The van der Waals surface area contributed by atoms with E-state index >= 15 is 0 Å². The van der Waals surface area contributed by atoms with Gasteiger partial charge in [-0.15, -0.1) is 0 Å². The fraction of sp³-hybridized carbons (Fsp3) is 0.600. The summed E-state index contributed by atoms with van der Waals surface area (Å²) in [5.74, 6) is 0.477. The Bertz CT molecular complexity index is 449. The molecule has 1 fully saturated rings. The van der Waals surface area contributed by atoms with Crippen LogP contribution in [0.4, 0.5) is 5.69 Å². The maximum absolute atomic E-state index is 12.1. The molecule has 110 valence electrons. The lowest BCUT2D eigenvalue weighted by Crippen LogP contribution is -2.31. The monoisotopic (exact) mass is 276 g/mol. The highest BCUT2D eigenvalue weighted by atomic mass is 16.1. The number of pyridine rings is 1. The number of rotatable bonds is 6. The molecule has 0 aromatic carbocycles. The van der Waals surface area contributed by atoms with Gasteiger partial charge in [0.05, 0.1) is 0 Å². The van der Waals surface area contributed by atoms with Crippen LogP contribution in [-0.4, -0.2) is 49.0 Å². The van der Waals surface area contributed by atoms with E-state index in [9.17, 15) is 4.79 Å². The van der Waals surface area contributed by atoms with Gasteiger partial charge in [-0.25, -0.2) is 0 Å². The van der Waals surface area contributed by atoms with Gasteiger partial charge in [0.2, 0.25) is 0 Å². The van der Waals surface area contributed by atoms with Crippen LogP contribution in [0.1, 0.15) is 30.3 Å². The summed E-state index contributed by atoms with van der Waals surface area (Å²) in [6.45, 7) is 5.93.